The molecule has 0 radical (unpaired) electrons. The minimum absolute atomic E-state index is 0.156. The third-order valence-corrected chi connectivity index (χ3v) is 8.46. The van der Waals surface area contributed by atoms with Gasteiger partial charge in [-0.3, -0.25) is 4.79 Å². The van der Waals surface area contributed by atoms with Gasteiger partial charge in [0.1, 0.15) is 12.4 Å². The number of rotatable bonds is 20. The van der Waals surface area contributed by atoms with E-state index in [2.05, 4.69) is 24.5 Å². The van der Waals surface area contributed by atoms with Gasteiger partial charge in [0, 0.05) is 26.1 Å². The first-order valence-electron chi connectivity index (χ1n) is 14.6. The highest BCUT2D eigenvalue weighted by atomic mass is 32.2. The molecule has 2 aromatic carbocycles. The maximum absolute atomic E-state index is 12.9. The van der Waals surface area contributed by atoms with E-state index in [0.717, 1.165) is 36.9 Å². The Kier molecular flexibility index (Phi) is 15.2. The smallest absolute Gasteiger partial charge is 0.221 e. The second-order valence-corrected chi connectivity index (χ2v) is 12.8. The van der Waals surface area contributed by atoms with E-state index in [9.17, 15) is 18.3 Å². The quantitative estimate of drug-likeness (QED) is 0.205. The molecule has 3 N–H and O–H groups in total. The zero-order valence-electron chi connectivity index (χ0n) is 24.6. The molecule has 0 unspecified atom stereocenters. The van der Waals surface area contributed by atoms with Crippen molar-refractivity contribution < 1.29 is 23.1 Å². The summed E-state index contributed by atoms with van der Waals surface area (Å²) in [6.07, 6.45) is 1.80. The summed E-state index contributed by atoms with van der Waals surface area (Å²) < 4.78 is 33.1. The van der Waals surface area contributed by atoms with Gasteiger partial charge in [-0.2, -0.15) is 0 Å². The van der Waals surface area contributed by atoms with Gasteiger partial charge in [-0.25, -0.2) is 12.7 Å². The van der Waals surface area contributed by atoms with Gasteiger partial charge in [-0.05, 0) is 61.4 Å². The van der Waals surface area contributed by atoms with E-state index in [0.29, 0.717) is 44.3 Å². The van der Waals surface area contributed by atoms with Crippen LogP contribution in [0.1, 0.15) is 64.5 Å². The van der Waals surface area contributed by atoms with E-state index >= 15 is 0 Å². The highest BCUT2D eigenvalue weighted by molar-refractivity contribution is 7.89. The number of benzene rings is 2. The number of carbonyl (C=O) groups is 1. The summed E-state index contributed by atoms with van der Waals surface area (Å²) in [5.74, 6) is 0.603. The second-order valence-electron chi connectivity index (χ2n) is 10.7. The second kappa shape index (κ2) is 18.1. The molecule has 0 aliphatic carbocycles. The Morgan fingerprint density at radius 1 is 1.00 bits per heavy atom. The normalized spacial score (nSPS) is 13.4. The Balaban J connectivity index is 2.06. The lowest BCUT2D eigenvalue weighted by Gasteiger charge is -2.26. The fourth-order valence-corrected chi connectivity index (χ4v) is 5.96. The molecule has 0 heterocycles. The monoisotopic (exact) mass is 575 g/mol. The Labute approximate surface area is 241 Å². The van der Waals surface area contributed by atoms with Gasteiger partial charge in [-0.1, -0.05) is 70.2 Å². The van der Waals surface area contributed by atoms with E-state index < -0.39 is 22.2 Å². The highest BCUT2D eigenvalue weighted by Crippen LogP contribution is 2.18. The zero-order valence-corrected chi connectivity index (χ0v) is 25.5. The number of hydrogen-bond acceptors (Lipinski definition) is 6. The van der Waals surface area contributed by atoms with Crippen LogP contribution in [0.2, 0.25) is 0 Å². The van der Waals surface area contributed by atoms with Crippen molar-refractivity contribution in [2.24, 2.45) is 5.92 Å². The molecule has 8 nitrogen and oxygen atoms in total. The standard InChI is InChI=1S/C31H49N3O5S/c1-5-18-34(19-6-2)40(37,38)20-16-31(36)33-29(30(35)23-32-17-15-25(3)4)22-27-13-10-14-28(21-27)39-24-26-11-8-7-9-12-26/h7-14,21,25,29-30,32,35H,5-6,15-20,22-24H2,1-4H3,(H,33,36)/t29-,30-/m0/s1. The molecule has 0 aliphatic heterocycles. The lowest BCUT2D eigenvalue weighted by atomic mass is 10.0. The fraction of sp³-hybridized carbons (Fsp3) is 0.581. The predicted molar refractivity (Wildman–Crippen MR) is 162 cm³/mol. The number of hydrogen-bond donors (Lipinski definition) is 3. The van der Waals surface area contributed by atoms with Gasteiger partial charge in [0.05, 0.1) is 17.9 Å². The molecule has 1 amide bonds. The topological polar surface area (TPSA) is 108 Å². The number of sulfonamides is 1. The molecule has 0 aromatic heterocycles. The molecular formula is C31H49N3O5S. The van der Waals surface area contributed by atoms with Gasteiger partial charge in [0.15, 0.2) is 0 Å². The molecule has 2 aromatic rings. The van der Waals surface area contributed by atoms with Crippen molar-refractivity contribution in [1.82, 2.24) is 14.9 Å². The van der Waals surface area contributed by atoms with E-state index in [-0.39, 0.29) is 18.1 Å². The minimum atomic E-state index is -3.54. The van der Waals surface area contributed by atoms with Crippen LogP contribution in [0.25, 0.3) is 0 Å². The van der Waals surface area contributed by atoms with Crippen molar-refractivity contribution in [2.75, 3.05) is 31.9 Å². The van der Waals surface area contributed by atoms with Gasteiger partial charge < -0.3 is 20.5 Å². The molecule has 40 heavy (non-hydrogen) atoms. The van der Waals surface area contributed by atoms with Crippen molar-refractivity contribution in [1.29, 1.82) is 0 Å². The number of aliphatic hydroxyl groups is 1. The molecule has 2 rings (SSSR count). The van der Waals surface area contributed by atoms with Crippen LogP contribution in [0, 0.1) is 5.92 Å². The zero-order chi connectivity index (χ0) is 29.4. The first-order chi connectivity index (χ1) is 19.1. The van der Waals surface area contributed by atoms with Crippen LogP contribution in [0.4, 0.5) is 0 Å². The third-order valence-electron chi connectivity index (χ3n) is 6.59. The van der Waals surface area contributed by atoms with Crippen LogP contribution in [0.3, 0.4) is 0 Å². The SMILES string of the molecule is CCCN(CCC)S(=O)(=O)CCC(=O)N[C@@H](Cc1cccc(OCc2ccccc2)c1)[C@@H](O)CNCCC(C)C. The highest BCUT2D eigenvalue weighted by Gasteiger charge is 2.25. The molecule has 0 fully saturated rings. The number of nitrogens with one attached hydrogen (secondary N) is 2. The summed E-state index contributed by atoms with van der Waals surface area (Å²) in [6, 6.07) is 16.9. The van der Waals surface area contributed by atoms with Gasteiger partial charge in [0.25, 0.3) is 0 Å². The first-order valence-corrected chi connectivity index (χ1v) is 16.2. The average Bonchev–Trinajstić information content (AvgIpc) is 2.93. The molecular weight excluding hydrogens is 526 g/mol. The Bertz CT molecular complexity index is 1090. The van der Waals surface area contributed by atoms with Crippen molar-refractivity contribution in [3.8, 4) is 5.75 Å². The number of carbonyl (C=O) groups excluding carboxylic acids is 1. The largest absolute Gasteiger partial charge is 0.489 e. The molecule has 0 spiro atoms. The van der Waals surface area contributed by atoms with Gasteiger partial charge >= 0.3 is 0 Å². The maximum Gasteiger partial charge on any atom is 0.221 e. The lowest BCUT2D eigenvalue weighted by molar-refractivity contribution is -0.122. The van der Waals surface area contributed by atoms with Crippen LogP contribution >= 0.6 is 0 Å². The van der Waals surface area contributed by atoms with Crippen molar-refractivity contribution in [2.45, 2.75) is 78.6 Å². The summed E-state index contributed by atoms with van der Waals surface area (Å²) in [4.78, 5) is 12.9. The fourth-order valence-electron chi connectivity index (χ4n) is 4.34. The molecule has 0 saturated carbocycles. The lowest BCUT2D eigenvalue weighted by Crippen LogP contribution is -2.49. The van der Waals surface area contributed by atoms with Gasteiger partial charge in [0.2, 0.25) is 15.9 Å². The van der Waals surface area contributed by atoms with Crippen LogP contribution in [-0.4, -0.2) is 67.8 Å². The van der Waals surface area contributed by atoms with E-state index in [1.165, 1.54) is 4.31 Å². The van der Waals surface area contributed by atoms with Crippen LogP contribution in [0.15, 0.2) is 54.6 Å². The molecule has 0 saturated heterocycles. The maximum atomic E-state index is 12.9. The van der Waals surface area contributed by atoms with E-state index in [4.69, 9.17) is 4.74 Å². The summed E-state index contributed by atoms with van der Waals surface area (Å²) in [6.45, 7) is 10.6. The molecule has 224 valence electrons. The summed E-state index contributed by atoms with van der Waals surface area (Å²) in [5, 5.41) is 17.2. The summed E-state index contributed by atoms with van der Waals surface area (Å²) >= 11 is 0. The number of aliphatic hydroxyl groups excluding tert-OH is 1. The van der Waals surface area contributed by atoms with Crippen molar-refractivity contribution >= 4 is 15.9 Å². The van der Waals surface area contributed by atoms with Crippen molar-refractivity contribution in [3.63, 3.8) is 0 Å². The molecule has 2 atom stereocenters. The Morgan fingerprint density at radius 3 is 2.33 bits per heavy atom. The summed E-state index contributed by atoms with van der Waals surface area (Å²) in [7, 11) is -3.54. The molecule has 0 bridgehead atoms. The van der Waals surface area contributed by atoms with Crippen LogP contribution in [0.5, 0.6) is 5.75 Å². The van der Waals surface area contributed by atoms with E-state index in [1.807, 2.05) is 68.4 Å². The number of ether oxygens (including phenoxy) is 1. The third kappa shape index (κ3) is 12.8. The van der Waals surface area contributed by atoms with Crippen LogP contribution < -0.4 is 15.4 Å². The average molecular weight is 576 g/mol. The minimum Gasteiger partial charge on any atom is -0.489 e. The summed E-state index contributed by atoms with van der Waals surface area (Å²) in [5.41, 5.74) is 1.97. The van der Waals surface area contributed by atoms with Crippen LogP contribution in [-0.2, 0) is 27.8 Å². The Hall–Kier alpha value is -2.46. The van der Waals surface area contributed by atoms with Gasteiger partial charge in [-0.15, -0.1) is 0 Å². The Morgan fingerprint density at radius 2 is 1.68 bits per heavy atom. The van der Waals surface area contributed by atoms with Crippen molar-refractivity contribution in [3.05, 3.63) is 65.7 Å². The number of amides is 1. The molecule has 0 aliphatic rings. The molecule has 9 heteroatoms. The number of nitrogens with zero attached hydrogens (tertiary/aromatic N) is 1. The first kappa shape index (κ1) is 33.7. The predicted octanol–water partition coefficient (Wildman–Crippen LogP) is 4.13. The van der Waals surface area contributed by atoms with E-state index in [1.54, 1.807) is 0 Å².